The molecule has 0 amide bonds. The van der Waals surface area contributed by atoms with E-state index in [0.29, 0.717) is 28.2 Å². The van der Waals surface area contributed by atoms with Gasteiger partial charge in [-0.2, -0.15) is 0 Å². The van der Waals surface area contributed by atoms with Gasteiger partial charge in [-0.1, -0.05) is 41.9 Å². The van der Waals surface area contributed by atoms with E-state index in [4.69, 9.17) is 17.3 Å². The molecule has 0 unspecified atom stereocenters. The lowest BCUT2D eigenvalue weighted by atomic mass is 10.2. The van der Waals surface area contributed by atoms with Crippen LogP contribution in [0.2, 0.25) is 5.15 Å². The van der Waals surface area contributed by atoms with Crippen LogP contribution < -0.4 is 5.73 Å². The predicted molar refractivity (Wildman–Crippen MR) is 81.0 cm³/mol. The molecule has 98 valence electrons. The Morgan fingerprint density at radius 1 is 1.32 bits per heavy atom. The van der Waals surface area contributed by atoms with Crippen LogP contribution in [0.25, 0.3) is 0 Å². The van der Waals surface area contributed by atoms with Gasteiger partial charge < -0.3 is 5.73 Å². The number of hydrogen-bond acceptors (Lipinski definition) is 5. The summed E-state index contributed by atoms with van der Waals surface area (Å²) in [6, 6.07) is 9.94. The summed E-state index contributed by atoms with van der Waals surface area (Å²) in [7, 11) is 0. The van der Waals surface area contributed by atoms with E-state index in [1.165, 1.54) is 11.8 Å². The van der Waals surface area contributed by atoms with E-state index in [-0.39, 0.29) is 0 Å². The van der Waals surface area contributed by atoms with E-state index >= 15 is 0 Å². The van der Waals surface area contributed by atoms with Crippen molar-refractivity contribution in [3.63, 3.8) is 0 Å². The lowest BCUT2D eigenvalue weighted by Gasteiger charge is -2.03. The van der Waals surface area contributed by atoms with Crippen molar-refractivity contribution in [2.24, 2.45) is 4.99 Å². The third-order valence-corrected chi connectivity index (χ3v) is 3.45. The topological polar surface area (TPSA) is 64.2 Å². The molecule has 0 aliphatic rings. The minimum Gasteiger partial charge on any atom is -0.382 e. The van der Waals surface area contributed by atoms with Gasteiger partial charge in [0, 0.05) is 0 Å². The van der Waals surface area contributed by atoms with Gasteiger partial charge in [-0.25, -0.2) is 9.97 Å². The van der Waals surface area contributed by atoms with E-state index in [9.17, 15) is 0 Å². The Kier molecular flexibility index (Phi) is 4.76. The lowest BCUT2D eigenvalue weighted by molar-refractivity contribution is 1.04. The molecule has 2 N–H and O–H groups in total. The molecule has 1 heterocycles. The van der Waals surface area contributed by atoms with Crippen molar-refractivity contribution < 1.29 is 0 Å². The first-order valence-corrected chi connectivity index (χ1v) is 7.21. The van der Waals surface area contributed by atoms with Crippen molar-refractivity contribution in [3.8, 4) is 0 Å². The highest BCUT2D eigenvalue weighted by atomic mass is 35.5. The van der Waals surface area contributed by atoms with Crippen LogP contribution in [0.5, 0.6) is 0 Å². The molecule has 0 aliphatic carbocycles. The first kappa shape index (κ1) is 13.8. The van der Waals surface area contributed by atoms with Crippen molar-refractivity contribution in [2.75, 3.05) is 12.0 Å². The molecule has 0 saturated heterocycles. The van der Waals surface area contributed by atoms with Gasteiger partial charge in [-0.15, -0.1) is 11.8 Å². The Hall–Kier alpha value is -1.59. The van der Waals surface area contributed by atoms with E-state index in [0.717, 1.165) is 5.56 Å². The van der Waals surface area contributed by atoms with Gasteiger partial charge in [-0.3, -0.25) is 4.99 Å². The molecule has 0 saturated carbocycles. The van der Waals surface area contributed by atoms with Gasteiger partial charge in [-0.05, 0) is 11.8 Å². The smallest absolute Gasteiger partial charge is 0.162 e. The molecule has 0 radical (unpaired) electrons. The Balaban J connectivity index is 2.13. The summed E-state index contributed by atoms with van der Waals surface area (Å²) in [4.78, 5) is 12.7. The maximum absolute atomic E-state index is 5.99. The molecular weight excluding hydrogens is 280 g/mol. The van der Waals surface area contributed by atoms with E-state index in [1.54, 1.807) is 6.21 Å². The zero-order chi connectivity index (χ0) is 13.7. The molecule has 1 aromatic heterocycles. The second-order valence-corrected chi connectivity index (χ2v) is 4.90. The van der Waals surface area contributed by atoms with Crippen LogP contribution in [0.3, 0.4) is 0 Å². The molecule has 19 heavy (non-hydrogen) atoms. The van der Waals surface area contributed by atoms with Crippen LogP contribution in [0, 0.1) is 0 Å². The van der Waals surface area contributed by atoms with Crippen LogP contribution >= 0.6 is 23.4 Å². The lowest BCUT2D eigenvalue weighted by Crippen LogP contribution is -2.02. The van der Waals surface area contributed by atoms with Crippen molar-refractivity contribution in [1.82, 2.24) is 9.97 Å². The fourth-order valence-electron chi connectivity index (χ4n) is 1.47. The molecular formula is C13H13ClN4S. The monoisotopic (exact) mass is 292 g/mol. The summed E-state index contributed by atoms with van der Waals surface area (Å²) in [5, 5.41) is 0.974. The van der Waals surface area contributed by atoms with Crippen LogP contribution in [-0.4, -0.2) is 22.4 Å². The number of hydrogen-bond donors (Lipinski definition) is 1. The summed E-state index contributed by atoms with van der Waals surface area (Å²) in [6.07, 6.45) is 3.48. The maximum Gasteiger partial charge on any atom is 0.162 e. The van der Waals surface area contributed by atoms with Gasteiger partial charge >= 0.3 is 0 Å². The second-order valence-electron chi connectivity index (χ2n) is 3.75. The normalized spacial score (nSPS) is 11.1. The van der Waals surface area contributed by atoms with Gasteiger partial charge in [0.2, 0.25) is 0 Å². The van der Waals surface area contributed by atoms with E-state index in [2.05, 4.69) is 15.0 Å². The molecule has 0 spiro atoms. The molecule has 6 heteroatoms. The van der Waals surface area contributed by atoms with Gasteiger partial charge in [0.05, 0.1) is 12.8 Å². The molecule has 2 rings (SSSR count). The van der Waals surface area contributed by atoms with E-state index in [1.807, 2.05) is 36.6 Å². The number of halogens is 1. The summed E-state index contributed by atoms with van der Waals surface area (Å²) in [5.41, 5.74) is 7.43. The summed E-state index contributed by atoms with van der Waals surface area (Å²) >= 11 is 7.39. The average molecular weight is 293 g/mol. The van der Waals surface area contributed by atoms with Crippen molar-refractivity contribution in [3.05, 3.63) is 46.7 Å². The SMILES string of the molecule is CSc1nc(N)c(/C=N/Cc2ccccc2)nc1Cl. The number of nitrogens with two attached hydrogens (primary N) is 1. The zero-order valence-corrected chi connectivity index (χ0v) is 11.9. The zero-order valence-electron chi connectivity index (χ0n) is 10.4. The van der Waals surface area contributed by atoms with Crippen LogP contribution in [0.4, 0.5) is 5.82 Å². The molecule has 1 aromatic carbocycles. The van der Waals surface area contributed by atoms with Gasteiger partial charge in [0.1, 0.15) is 10.7 Å². The van der Waals surface area contributed by atoms with Crippen molar-refractivity contribution in [2.45, 2.75) is 11.6 Å². The number of aliphatic imine (C=N–C) groups is 1. The van der Waals surface area contributed by atoms with Crippen LogP contribution in [-0.2, 0) is 6.54 Å². The fourth-order valence-corrected chi connectivity index (χ4v) is 2.24. The van der Waals surface area contributed by atoms with Crippen LogP contribution in [0.1, 0.15) is 11.3 Å². The summed E-state index contributed by atoms with van der Waals surface area (Å²) in [5.74, 6) is 0.338. The molecule has 0 bridgehead atoms. The predicted octanol–water partition coefficient (Wildman–Crippen LogP) is 3.05. The molecule has 2 aromatic rings. The van der Waals surface area contributed by atoms with Gasteiger partial charge in [0.25, 0.3) is 0 Å². The van der Waals surface area contributed by atoms with Crippen molar-refractivity contribution >= 4 is 35.4 Å². The second kappa shape index (κ2) is 6.54. The highest BCUT2D eigenvalue weighted by Gasteiger charge is 2.07. The highest BCUT2D eigenvalue weighted by Crippen LogP contribution is 2.22. The number of rotatable bonds is 4. The largest absolute Gasteiger partial charge is 0.382 e. The number of anilines is 1. The summed E-state index contributed by atoms with van der Waals surface area (Å²) < 4.78 is 0. The maximum atomic E-state index is 5.99. The summed E-state index contributed by atoms with van der Waals surface area (Å²) in [6.45, 7) is 0.573. The quantitative estimate of drug-likeness (QED) is 0.695. The van der Waals surface area contributed by atoms with E-state index < -0.39 is 0 Å². The van der Waals surface area contributed by atoms with Crippen LogP contribution in [0.15, 0.2) is 40.4 Å². The average Bonchev–Trinajstić information content (AvgIpc) is 2.43. The van der Waals surface area contributed by atoms with Crippen molar-refractivity contribution in [1.29, 1.82) is 0 Å². The molecule has 0 atom stereocenters. The Morgan fingerprint density at radius 3 is 2.74 bits per heavy atom. The Labute approximate surface area is 121 Å². The fraction of sp³-hybridized carbons (Fsp3) is 0.154. The molecule has 0 aliphatic heterocycles. The molecule has 0 fully saturated rings. The highest BCUT2D eigenvalue weighted by molar-refractivity contribution is 7.98. The Morgan fingerprint density at radius 2 is 2.05 bits per heavy atom. The number of thioether (sulfide) groups is 1. The standard InChI is InChI=1S/C13H13ClN4S/c1-19-13-11(14)17-10(12(15)18-13)8-16-7-9-5-3-2-4-6-9/h2-6,8H,7H2,1H3,(H2,15,18)/b16-8+. The first-order valence-electron chi connectivity index (χ1n) is 5.61. The minimum atomic E-state index is 0.338. The number of nitrogen functional groups attached to an aromatic ring is 1. The number of benzene rings is 1. The number of aromatic nitrogens is 2. The minimum absolute atomic E-state index is 0.338. The number of nitrogens with zero attached hydrogens (tertiary/aromatic N) is 3. The first-order chi connectivity index (χ1) is 9.20. The van der Waals surface area contributed by atoms with Gasteiger partial charge in [0.15, 0.2) is 11.0 Å². The molecule has 4 nitrogen and oxygen atoms in total. The Bertz CT molecular complexity index is 587. The third kappa shape index (κ3) is 3.68. The third-order valence-electron chi connectivity index (χ3n) is 2.40.